The molecule has 0 heterocycles. The Morgan fingerprint density at radius 2 is 1.68 bits per heavy atom. The van der Waals surface area contributed by atoms with Crippen molar-refractivity contribution >= 4 is 28.9 Å². The van der Waals surface area contributed by atoms with Gasteiger partial charge in [-0.25, -0.2) is 4.79 Å². The van der Waals surface area contributed by atoms with Gasteiger partial charge in [0.2, 0.25) is 0 Å². The summed E-state index contributed by atoms with van der Waals surface area (Å²) in [4.78, 5) is 43.2. The van der Waals surface area contributed by atoms with Crippen molar-refractivity contribution in [2.45, 2.75) is 6.18 Å². The van der Waals surface area contributed by atoms with Gasteiger partial charge in [-0.2, -0.15) is 13.2 Å². The average Bonchev–Trinajstić information content (AvgIpc) is 2.70. The number of nitro groups is 2. The van der Waals surface area contributed by atoms with Gasteiger partial charge in [0.1, 0.15) is 0 Å². The molecule has 31 heavy (non-hydrogen) atoms. The van der Waals surface area contributed by atoms with Crippen LogP contribution in [0.1, 0.15) is 5.56 Å². The Morgan fingerprint density at radius 3 is 2.29 bits per heavy atom. The molecule has 0 radical (unpaired) electrons. The topological polar surface area (TPSA) is 151 Å². The number of nitro benzene ring substituents is 2. The van der Waals surface area contributed by atoms with Crippen LogP contribution >= 0.6 is 0 Å². The van der Waals surface area contributed by atoms with Gasteiger partial charge < -0.3 is 14.8 Å². The van der Waals surface area contributed by atoms with Crippen molar-refractivity contribution in [2.24, 2.45) is 0 Å². The summed E-state index contributed by atoms with van der Waals surface area (Å²) in [6.45, 7) is -1.79. The molecule has 0 bridgehead atoms. The normalized spacial score (nSPS) is 10.8. The Labute approximate surface area is 170 Å². The van der Waals surface area contributed by atoms with E-state index in [2.05, 4.69) is 4.74 Å². The van der Waals surface area contributed by atoms with Crippen molar-refractivity contribution in [1.82, 2.24) is 0 Å². The maximum atomic E-state index is 13.1. The standard InChI is InChI=1S/C17H12F3N3O8/c18-17(19,20)11-7-10(22(26)27)5-6-12(11)21-15(24)8-31-16(25)9-30-14-4-2-1-3-13(14)23(28)29/h1-7H,8-9H2,(H,21,24). The van der Waals surface area contributed by atoms with Gasteiger partial charge in [-0.3, -0.25) is 25.0 Å². The fourth-order valence-electron chi connectivity index (χ4n) is 2.23. The number of rotatable bonds is 8. The summed E-state index contributed by atoms with van der Waals surface area (Å²) in [5, 5.41) is 23.4. The zero-order valence-corrected chi connectivity index (χ0v) is 15.2. The monoisotopic (exact) mass is 443 g/mol. The third-order valence-corrected chi connectivity index (χ3v) is 3.57. The van der Waals surface area contributed by atoms with Crippen LogP contribution in [0.4, 0.5) is 30.2 Å². The first-order valence-electron chi connectivity index (χ1n) is 8.16. The minimum Gasteiger partial charge on any atom is -0.475 e. The molecule has 2 rings (SSSR count). The Kier molecular flexibility index (Phi) is 7.07. The molecule has 0 saturated heterocycles. The van der Waals surface area contributed by atoms with Gasteiger partial charge in [0.05, 0.1) is 21.1 Å². The first-order valence-corrected chi connectivity index (χ1v) is 8.16. The van der Waals surface area contributed by atoms with Crippen LogP contribution in [-0.4, -0.2) is 34.9 Å². The number of carbonyl (C=O) groups excluding carboxylic acids is 2. The van der Waals surface area contributed by atoms with Crippen LogP contribution in [0.15, 0.2) is 42.5 Å². The molecule has 0 atom stereocenters. The Morgan fingerprint density at radius 1 is 1.00 bits per heavy atom. The molecule has 0 aromatic heterocycles. The lowest BCUT2D eigenvalue weighted by atomic mass is 10.1. The summed E-state index contributed by atoms with van der Waals surface area (Å²) in [5.74, 6) is -2.50. The Bertz CT molecular complexity index is 1030. The molecule has 0 unspecified atom stereocenters. The predicted molar refractivity (Wildman–Crippen MR) is 96.3 cm³/mol. The molecule has 2 aromatic carbocycles. The number of carbonyl (C=O) groups is 2. The number of non-ortho nitro benzene ring substituents is 1. The highest BCUT2D eigenvalue weighted by Crippen LogP contribution is 2.37. The van der Waals surface area contributed by atoms with Crippen LogP contribution in [0.25, 0.3) is 0 Å². The lowest BCUT2D eigenvalue weighted by Crippen LogP contribution is -2.25. The number of benzene rings is 2. The number of hydrogen-bond acceptors (Lipinski definition) is 8. The maximum Gasteiger partial charge on any atom is 0.418 e. The molecule has 11 nitrogen and oxygen atoms in total. The highest BCUT2D eigenvalue weighted by atomic mass is 19.4. The molecule has 0 aliphatic heterocycles. The molecule has 0 spiro atoms. The number of esters is 1. The third kappa shape index (κ3) is 6.38. The van der Waals surface area contributed by atoms with E-state index in [1.807, 2.05) is 5.32 Å². The number of nitrogens with one attached hydrogen (secondary N) is 1. The van der Waals surface area contributed by atoms with Gasteiger partial charge in [0.25, 0.3) is 11.6 Å². The highest BCUT2D eigenvalue weighted by molar-refractivity contribution is 5.93. The second kappa shape index (κ2) is 9.51. The lowest BCUT2D eigenvalue weighted by molar-refractivity contribution is -0.385. The summed E-state index contributed by atoms with van der Waals surface area (Å²) in [5.41, 5.74) is -3.47. The lowest BCUT2D eigenvalue weighted by Gasteiger charge is -2.13. The van der Waals surface area contributed by atoms with E-state index in [0.717, 1.165) is 12.1 Å². The van der Waals surface area contributed by atoms with Gasteiger partial charge in [-0.15, -0.1) is 0 Å². The van der Waals surface area contributed by atoms with Crippen molar-refractivity contribution in [3.63, 3.8) is 0 Å². The van der Waals surface area contributed by atoms with E-state index in [0.29, 0.717) is 6.07 Å². The fourth-order valence-corrected chi connectivity index (χ4v) is 2.23. The first-order chi connectivity index (χ1) is 14.5. The second-order valence-corrected chi connectivity index (χ2v) is 5.71. The summed E-state index contributed by atoms with van der Waals surface area (Å²) < 4.78 is 48.8. The van der Waals surface area contributed by atoms with E-state index < -0.39 is 63.7 Å². The van der Waals surface area contributed by atoms with Crippen LogP contribution in [-0.2, 0) is 20.5 Å². The molecule has 0 aliphatic carbocycles. The van der Waals surface area contributed by atoms with Crippen LogP contribution in [0.5, 0.6) is 5.75 Å². The number of nitrogens with zero attached hydrogens (tertiary/aromatic N) is 2. The number of amides is 1. The van der Waals surface area contributed by atoms with Crippen LogP contribution < -0.4 is 10.1 Å². The number of alkyl halides is 3. The van der Waals surface area contributed by atoms with Crippen molar-refractivity contribution in [1.29, 1.82) is 0 Å². The van der Waals surface area contributed by atoms with E-state index in [4.69, 9.17) is 4.74 Å². The van der Waals surface area contributed by atoms with Crippen LogP contribution in [0, 0.1) is 20.2 Å². The van der Waals surface area contributed by atoms with E-state index in [-0.39, 0.29) is 11.8 Å². The molecule has 164 valence electrons. The quantitative estimate of drug-likeness (QED) is 0.371. The predicted octanol–water partition coefficient (Wildman–Crippen LogP) is 3.08. The minimum absolute atomic E-state index is 0.227. The zero-order valence-electron chi connectivity index (χ0n) is 15.2. The maximum absolute atomic E-state index is 13.1. The number of anilines is 1. The molecule has 0 saturated carbocycles. The molecule has 1 amide bonds. The molecule has 0 aliphatic rings. The molecule has 0 fully saturated rings. The third-order valence-electron chi connectivity index (χ3n) is 3.57. The first kappa shape index (κ1) is 23.1. The van der Waals surface area contributed by atoms with Crippen LogP contribution in [0.2, 0.25) is 0 Å². The zero-order chi connectivity index (χ0) is 23.2. The number of ether oxygens (including phenoxy) is 2. The number of hydrogen-bond donors (Lipinski definition) is 1. The number of para-hydroxylation sites is 2. The Hall–Kier alpha value is -4.23. The van der Waals surface area contributed by atoms with E-state index in [1.165, 1.54) is 18.2 Å². The van der Waals surface area contributed by atoms with Crippen molar-refractivity contribution < 1.29 is 42.1 Å². The summed E-state index contributed by atoms with van der Waals surface area (Å²) >= 11 is 0. The van der Waals surface area contributed by atoms with Crippen LogP contribution in [0.3, 0.4) is 0 Å². The molecule has 1 N–H and O–H groups in total. The summed E-state index contributed by atoms with van der Waals surface area (Å²) in [6, 6.07) is 6.87. The summed E-state index contributed by atoms with van der Waals surface area (Å²) in [7, 11) is 0. The second-order valence-electron chi connectivity index (χ2n) is 5.71. The van der Waals surface area contributed by atoms with Crippen molar-refractivity contribution in [2.75, 3.05) is 18.5 Å². The van der Waals surface area contributed by atoms with Gasteiger partial charge in [-0.1, -0.05) is 12.1 Å². The molecular formula is C17H12F3N3O8. The minimum atomic E-state index is -5.00. The molecular weight excluding hydrogens is 431 g/mol. The SMILES string of the molecule is O=C(COC(=O)COc1ccccc1[N+](=O)[O-])Nc1ccc([N+](=O)[O-])cc1C(F)(F)F. The van der Waals surface area contributed by atoms with Gasteiger partial charge in [-0.05, 0) is 12.1 Å². The van der Waals surface area contributed by atoms with Crippen molar-refractivity contribution in [3.05, 3.63) is 68.3 Å². The van der Waals surface area contributed by atoms with E-state index >= 15 is 0 Å². The van der Waals surface area contributed by atoms with Gasteiger partial charge in [0, 0.05) is 18.2 Å². The molecule has 14 heteroatoms. The largest absolute Gasteiger partial charge is 0.475 e. The van der Waals surface area contributed by atoms with E-state index in [9.17, 15) is 43.0 Å². The fraction of sp³-hybridized carbons (Fsp3) is 0.176. The smallest absolute Gasteiger partial charge is 0.418 e. The van der Waals surface area contributed by atoms with Gasteiger partial charge in [0.15, 0.2) is 19.0 Å². The summed E-state index contributed by atoms with van der Waals surface area (Å²) in [6.07, 6.45) is -5.00. The highest BCUT2D eigenvalue weighted by Gasteiger charge is 2.35. The average molecular weight is 443 g/mol. The molecule has 2 aromatic rings. The van der Waals surface area contributed by atoms with Gasteiger partial charge >= 0.3 is 17.8 Å². The van der Waals surface area contributed by atoms with Crippen molar-refractivity contribution in [3.8, 4) is 5.75 Å². The number of halogens is 3. The Balaban J connectivity index is 1.96. The van der Waals surface area contributed by atoms with E-state index in [1.54, 1.807) is 0 Å².